The van der Waals surface area contributed by atoms with Gasteiger partial charge in [-0.3, -0.25) is 4.79 Å². The van der Waals surface area contributed by atoms with Gasteiger partial charge >= 0.3 is 0 Å². The van der Waals surface area contributed by atoms with E-state index in [1.807, 2.05) is 29.2 Å². The molecule has 0 unspecified atom stereocenters. The minimum absolute atomic E-state index is 0.205. The molecule has 0 saturated carbocycles. The highest BCUT2D eigenvalue weighted by Gasteiger charge is 2.19. The van der Waals surface area contributed by atoms with Gasteiger partial charge in [-0.05, 0) is 28.3 Å². The van der Waals surface area contributed by atoms with Crippen molar-refractivity contribution < 1.29 is 9.53 Å². The van der Waals surface area contributed by atoms with Gasteiger partial charge in [0.05, 0.1) is 0 Å². The summed E-state index contributed by atoms with van der Waals surface area (Å²) in [5.74, 6) is 1.30. The molecule has 0 bridgehead atoms. The number of carbonyl (C=O) groups is 1. The lowest BCUT2D eigenvalue weighted by molar-refractivity contribution is -0.120. The Hall–Kier alpha value is -4.08. The second-order valence-corrected chi connectivity index (χ2v) is 6.93. The smallest absolute Gasteiger partial charge is 0.299 e. The summed E-state index contributed by atoms with van der Waals surface area (Å²) in [5.41, 5.74) is 4.08. The third-order valence-electron chi connectivity index (χ3n) is 4.77. The number of hydrogen-bond acceptors (Lipinski definition) is 8. The molecule has 0 saturated heterocycles. The van der Waals surface area contributed by atoms with Gasteiger partial charge in [0.2, 0.25) is 11.6 Å². The van der Waals surface area contributed by atoms with Crippen LogP contribution >= 0.6 is 0 Å². The highest BCUT2D eigenvalue weighted by Crippen LogP contribution is 2.30. The predicted molar refractivity (Wildman–Crippen MR) is 114 cm³/mol. The average molecular weight is 418 g/mol. The van der Waals surface area contributed by atoms with Crippen molar-refractivity contribution in [2.24, 2.45) is 7.05 Å². The van der Waals surface area contributed by atoms with Crippen molar-refractivity contribution in [3.8, 4) is 28.4 Å². The molecule has 4 rings (SSSR count). The Morgan fingerprint density at radius 1 is 1.10 bits per heavy atom. The quantitative estimate of drug-likeness (QED) is 0.413. The summed E-state index contributed by atoms with van der Waals surface area (Å²) in [6.45, 7) is 3.81. The molecule has 0 amide bonds. The number of benzene rings is 2. The third-order valence-corrected chi connectivity index (χ3v) is 4.77. The molecule has 0 aliphatic heterocycles. The van der Waals surface area contributed by atoms with Crippen LogP contribution < -0.4 is 9.64 Å². The van der Waals surface area contributed by atoms with E-state index in [4.69, 9.17) is 4.74 Å². The lowest BCUT2D eigenvalue weighted by Gasteiger charge is -2.22. The maximum absolute atomic E-state index is 10.8. The first-order valence-corrected chi connectivity index (χ1v) is 9.88. The first-order valence-electron chi connectivity index (χ1n) is 9.88. The molecule has 0 atom stereocenters. The minimum atomic E-state index is 0.205. The van der Waals surface area contributed by atoms with E-state index in [0.717, 1.165) is 35.2 Å². The number of hydrogen-bond donors (Lipinski definition) is 1. The van der Waals surface area contributed by atoms with Gasteiger partial charge in [0.1, 0.15) is 0 Å². The van der Waals surface area contributed by atoms with Crippen molar-refractivity contribution in [2.45, 2.75) is 19.9 Å². The minimum Gasteiger partial charge on any atom is -0.404 e. The molecule has 2 aromatic heterocycles. The van der Waals surface area contributed by atoms with E-state index in [2.05, 4.69) is 62.0 Å². The molecule has 158 valence electrons. The Balaban J connectivity index is 1.59. The zero-order valence-electron chi connectivity index (χ0n) is 17.3. The summed E-state index contributed by atoms with van der Waals surface area (Å²) in [4.78, 5) is 14.3. The molecule has 4 aromatic rings. The second-order valence-electron chi connectivity index (χ2n) is 6.93. The van der Waals surface area contributed by atoms with Crippen LogP contribution in [0.4, 0.5) is 5.82 Å². The Morgan fingerprint density at radius 3 is 2.55 bits per heavy atom. The number of ether oxygens (including phenoxy) is 1. The normalized spacial score (nSPS) is 10.8. The van der Waals surface area contributed by atoms with Crippen molar-refractivity contribution in [1.29, 1.82) is 0 Å². The van der Waals surface area contributed by atoms with Crippen LogP contribution in [0, 0.1) is 0 Å². The van der Waals surface area contributed by atoms with Crippen molar-refractivity contribution in [3.05, 3.63) is 54.1 Å². The fourth-order valence-corrected chi connectivity index (χ4v) is 3.44. The molecule has 31 heavy (non-hydrogen) atoms. The lowest BCUT2D eigenvalue weighted by atomic mass is 9.98. The number of rotatable bonds is 9. The summed E-state index contributed by atoms with van der Waals surface area (Å²) in [7, 11) is 1.70. The number of anilines is 1. The SMILES string of the molecule is CCCN(Cc1ccc(-c2ccccc2-c2nn[nH]n2)cc1)c1nn(C)nc1OC=O. The monoisotopic (exact) mass is 418 g/mol. The molecule has 1 N–H and O–H groups in total. The number of carbonyl (C=O) groups excluding carboxylic acids is 1. The van der Waals surface area contributed by atoms with Gasteiger partial charge in [-0.15, -0.1) is 20.4 Å². The molecule has 0 aliphatic carbocycles. The number of aromatic amines is 1. The van der Waals surface area contributed by atoms with Crippen LogP contribution in [-0.4, -0.2) is 48.6 Å². The average Bonchev–Trinajstić information content (AvgIpc) is 3.44. The summed E-state index contributed by atoms with van der Waals surface area (Å²) < 4.78 is 5.01. The molecular formula is C21H22N8O2. The van der Waals surface area contributed by atoms with E-state index in [0.29, 0.717) is 24.7 Å². The summed E-state index contributed by atoms with van der Waals surface area (Å²) >= 11 is 0. The number of tetrazole rings is 1. The Labute approximate surface area is 178 Å². The molecule has 0 fully saturated rings. The molecule has 10 heteroatoms. The van der Waals surface area contributed by atoms with E-state index in [1.165, 1.54) is 4.80 Å². The molecule has 2 heterocycles. The van der Waals surface area contributed by atoms with Crippen LogP contribution in [0.3, 0.4) is 0 Å². The van der Waals surface area contributed by atoms with Gasteiger partial charge in [-0.1, -0.05) is 55.5 Å². The maximum Gasteiger partial charge on any atom is 0.299 e. The maximum atomic E-state index is 10.8. The highest BCUT2D eigenvalue weighted by atomic mass is 16.5. The third kappa shape index (κ3) is 4.42. The van der Waals surface area contributed by atoms with E-state index >= 15 is 0 Å². The number of H-pyrrole nitrogens is 1. The van der Waals surface area contributed by atoms with Crippen LogP contribution in [0.5, 0.6) is 5.88 Å². The number of aromatic nitrogens is 7. The van der Waals surface area contributed by atoms with Crippen LogP contribution in [-0.2, 0) is 18.4 Å². The fraction of sp³-hybridized carbons (Fsp3) is 0.238. The predicted octanol–water partition coefficient (Wildman–Crippen LogP) is 2.61. The second kappa shape index (κ2) is 9.16. The summed E-state index contributed by atoms with van der Waals surface area (Å²) in [5, 5.41) is 22.9. The first kappa shape index (κ1) is 20.2. The van der Waals surface area contributed by atoms with Gasteiger partial charge in [0.25, 0.3) is 12.4 Å². The van der Waals surface area contributed by atoms with Crippen LogP contribution in [0.25, 0.3) is 22.5 Å². The highest BCUT2D eigenvalue weighted by molar-refractivity contribution is 5.80. The molecule has 0 spiro atoms. The Kier molecular flexibility index (Phi) is 5.97. The largest absolute Gasteiger partial charge is 0.404 e. The van der Waals surface area contributed by atoms with Gasteiger partial charge in [-0.2, -0.15) is 10.0 Å². The topological polar surface area (TPSA) is 115 Å². The fourth-order valence-electron chi connectivity index (χ4n) is 3.44. The molecular weight excluding hydrogens is 396 g/mol. The number of aryl methyl sites for hydroxylation is 1. The molecule has 2 aromatic carbocycles. The van der Waals surface area contributed by atoms with Crippen LogP contribution in [0.2, 0.25) is 0 Å². The summed E-state index contributed by atoms with van der Waals surface area (Å²) in [6, 6.07) is 16.2. The number of nitrogens with zero attached hydrogens (tertiary/aromatic N) is 7. The van der Waals surface area contributed by atoms with E-state index in [-0.39, 0.29) is 5.88 Å². The van der Waals surface area contributed by atoms with E-state index in [1.54, 1.807) is 7.05 Å². The van der Waals surface area contributed by atoms with Crippen molar-refractivity contribution >= 4 is 12.3 Å². The van der Waals surface area contributed by atoms with E-state index in [9.17, 15) is 4.79 Å². The zero-order chi connectivity index (χ0) is 21.6. The zero-order valence-corrected chi connectivity index (χ0v) is 17.3. The van der Waals surface area contributed by atoms with Gasteiger partial charge in [-0.25, -0.2) is 0 Å². The van der Waals surface area contributed by atoms with Crippen molar-refractivity contribution in [1.82, 2.24) is 35.6 Å². The van der Waals surface area contributed by atoms with Gasteiger partial charge < -0.3 is 9.64 Å². The number of nitrogens with one attached hydrogen (secondary N) is 1. The van der Waals surface area contributed by atoms with Crippen LogP contribution in [0.1, 0.15) is 18.9 Å². The molecule has 0 aliphatic rings. The van der Waals surface area contributed by atoms with Gasteiger partial charge in [0, 0.05) is 25.7 Å². The lowest BCUT2D eigenvalue weighted by Crippen LogP contribution is -2.24. The Morgan fingerprint density at radius 2 is 1.87 bits per heavy atom. The molecule has 0 radical (unpaired) electrons. The van der Waals surface area contributed by atoms with Gasteiger partial charge in [0.15, 0.2) is 0 Å². The summed E-state index contributed by atoms with van der Waals surface area (Å²) in [6.07, 6.45) is 0.910. The van der Waals surface area contributed by atoms with E-state index < -0.39 is 0 Å². The standard InChI is InChI=1S/C21H22N8O2/c1-3-12-29(20-21(31-14-30)25-28(2)24-20)13-15-8-10-16(11-9-15)17-6-4-5-7-18(17)19-22-26-27-23-19/h4-11,14H,3,12-13H2,1-2H3,(H,22,23,26,27). The first-order chi connectivity index (χ1) is 15.2. The van der Waals surface area contributed by atoms with Crippen molar-refractivity contribution in [3.63, 3.8) is 0 Å². The van der Waals surface area contributed by atoms with Crippen LogP contribution in [0.15, 0.2) is 48.5 Å². The molecule has 10 nitrogen and oxygen atoms in total. The Bertz CT molecular complexity index is 1140. The van der Waals surface area contributed by atoms with Crippen molar-refractivity contribution in [2.75, 3.05) is 11.4 Å².